The third kappa shape index (κ3) is 2.36. The minimum Gasteiger partial charge on any atom is -0.392 e. The largest absolute Gasteiger partial charge is 0.392 e. The van der Waals surface area contributed by atoms with Crippen molar-refractivity contribution in [3.8, 4) is 0 Å². The maximum absolute atomic E-state index is 13.2. The topological polar surface area (TPSA) is 46.3 Å². The third-order valence-corrected chi connectivity index (χ3v) is 3.52. The van der Waals surface area contributed by atoms with Crippen LogP contribution in [0.2, 0.25) is 0 Å². The molecule has 0 bridgehead atoms. The summed E-state index contributed by atoms with van der Waals surface area (Å²) in [6.45, 7) is 2.29. The number of hydrogen-bond donors (Lipinski definition) is 1. The average Bonchev–Trinajstić information content (AvgIpc) is 2.81. The van der Waals surface area contributed by atoms with Crippen LogP contribution in [0.5, 0.6) is 0 Å². The lowest BCUT2D eigenvalue weighted by Gasteiger charge is -2.23. The van der Waals surface area contributed by atoms with Crippen molar-refractivity contribution < 1.29 is 9.18 Å². The molecule has 1 amide bonds. The second-order valence-electron chi connectivity index (χ2n) is 4.52. The predicted octanol–water partition coefficient (Wildman–Crippen LogP) is 2.02. The number of nitrogens with zero attached hydrogens (tertiary/aromatic N) is 1. The number of benzene rings is 1. The molecule has 0 saturated carbocycles. The van der Waals surface area contributed by atoms with E-state index in [-0.39, 0.29) is 17.8 Å². The van der Waals surface area contributed by atoms with Crippen LogP contribution in [0.4, 0.5) is 4.39 Å². The molecule has 0 aliphatic carbocycles. The number of aryl methyl sites for hydroxylation is 1. The summed E-state index contributed by atoms with van der Waals surface area (Å²) < 4.78 is 13.2. The standard InChI is InChI=1S/C13H15FN2OS/c1-8-7-9(4-5-10(8)14)13(17)16-6-2-3-11(16)12(15)18/h4-5,7,11H,2-3,6H2,1H3,(H2,15,18). The van der Waals surface area contributed by atoms with Gasteiger partial charge >= 0.3 is 0 Å². The predicted molar refractivity (Wildman–Crippen MR) is 72.0 cm³/mol. The molecule has 1 atom stereocenters. The number of likely N-dealkylation sites (tertiary alicyclic amines) is 1. The van der Waals surface area contributed by atoms with Crippen LogP contribution in [0, 0.1) is 12.7 Å². The van der Waals surface area contributed by atoms with Gasteiger partial charge in [-0.1, -0.05) is 12.2 Å². The summed E-state index contributed by atoms with van der Waals surface area (Å²) in [5, 5.41) is 0. The first kappa shape index (κ1) is 13.0. The molecule has 1 fully saturated rings. The van der Waals surface area contributed by atoms with Gasteiger partial charge in [0.1, 0.15) is 5.82 Å². The molecule has 1 aliphatic heterocycles. The molecule has 1 saturated heterocycles. The Morgan fingerprint density at radius 1 is 1.56 bits per heavy atom. The molecule has 2 rings (SSSR count). The molecule has 1 aromatic carbocycles. The Labute approximate surface area is 111 Å². The number of nitrogens with two attached hydrogens (primary N) is 1. The van der Waals surface area contributed by atoms with E-state index in [1.807, 2.05) is 0 Å². The van der Waals surface area contributed by atoms with E-state index >= 15 is 0 Å². The molecule has 1 heterocycles. The van der Waals surface area contributed by atoms with Crippen LogP contribution < -0.4 is 5.73 Å². The molecule has 96 valence electrons. The molecule has 1 aromatic rings. The molecular weight excluding hydrogens is 251 g/mol. The van der Waals surface area contributed by atoms with E-state index in [1.54, 1.807) is 17.9 Å². The Balaban J connectivity index is 2.25. The minimum atomic E-state index is -0.307. The number of halogens is 1. The average molecular weight is 266 g/mol. The summed E-state index contributed by atoms with van der Waals surface area (Å²) in [4.78, 5) is 14.3. The van der Waals surface area contributed by atoms with Gasteiger partial charge in [-0.15, -0.1) is 0 Å². The lowest BCUT2D eigenvalue weighted by atomic mass is 10.1. The fraction of sp³-hybridized carbons (Fsp3) is 0.385. The van der Waals surface area contributed by atoms with E-state index in [9.17, 15) is 9.18 Å². The highest BCUT2D eigenvalue weighted by Crippen LogP contribution is 2.21. The molecule has 5 heteroatoms. The maximum atomic E-state index is 13.2. The lowest BCUT2D eigenvalue weighted by molar-refractivity contribution is 0.0770. The van der Waals surface area contributed by atoms with Gasteiger partial charge < -0.3 is 10.6 Å². The smallest absolute Gasteiger partial charge is 0.254 e. The summed E-state index contributed by atoms with van der Waals surface area (Å²) in [5.41, 5.74) is 6.58. The highest BCUT2D eigenvalue weighted by Gasteiger charge is 2.31. The van der Waals surface area contributed by atoms with Crippen molar-refractivity contribution in [1.82, 2.24) is 4.90 Å². The molecular formula is C13H15FN2OS. The summed E-state index contributed by atoms with van der Waals surface area (Å²) in [6.07, 6.45) is 1.70. The van der Waals surface area contributed by atoms with Crippen molar-refractivity contribution in [3.63, 3.8) is 0 Å². The van der Waals surface area contributed by atoms with Gasteiger partial charge in [0.15, 0.2) is 0 Å². The Morgan fingerprint density at radius 2 is 2.28 bits per heavy atom. The van der Waals surface area contributed by atoms with Crippen molar-refractivity contribution in [2.75, 3.05) is 6.54 Å². The van der Waals surface area contributed by atoms with Crippen molar-refractivity contribution in [1.29, 1.82) is 0 Å². The zero-order valence-corrected chi connectivity index (χ0v) is 11.0. The highest BCUT2D eigenvalue weighted by molar-refractivity contribution is 7.80. The molecule has 1 aliphatic rings. The van der Waals surface area contributed by atoms with Gasteiger partial charge in [0.05, 0.1) is 11.0 Å². The molecule has 0 aromatic heterocycles. The molecule has 2 N–H and O–H groups in total. The third-order valence-electron chi connectivity index (χ3n) is 3.25. The van der Waals surface area contributed by atoms with Crippen LogP contribution in [-0.2, 0) is 0 Å². The fourth-order valence-corrected chi connectivity index (χ4v) is 2.49. The van der Waals surface area contributed by atoms with Gasteiger partial charge in [-0.25, -0.2) is 4.39 Å². The zero-order chi connectivity index (χ0) is 13.3. The Kier molecular flexibility index (Phi) is 3.61. The molecule has 1 unspecified atom stereocenters. The Hall–Kier alpha value is -1.49. The van der Waals surface area contributed by atoms with E-state index in [0.717, 1.165) is 12.8 Å². The second-order valence-corrected chi connectivity index (χ2v) is 4.99. The fourth-order valence-electron chi connectivity index (χ4n) is 2.25. The number of carbonyl (C=O) groups excluding carboxylic acids is 1. The van der Waals surface area contributed by atoms with Crippen molar-refractivity contribution in [3.05, 3.63) is 35.1 Å². The number of rotatable bonds is 2. The van der Waals surface area contributed by atoms with Gasteiger partial charge in [0.25, 0.3) is 5.91 Å². The first-order chi connectivity index (χ1) is 8.50. The van der Waals surface area contributed by atoms with Crippen molar-refractivity contribution in [2.24, 2.45) is 5.73 Å². The van der Waals surface area contributed by atoms with Crippen LogP contribution >= 0.6 is 12.2 Å². The van der Waals surface area contributed by atoms with Gasteiger partial charge in [-0.2, -0.15) is 0 Å². The first-order valence-corrected chi connectivity index (χ1v) is 6.28. The van der Waals surface area contributed by atoms with Gasteiger partial charge in [-0.05, 0) is 43.5 Å². The van der Waals surface area contributed by atoms with Crippen LogP contribution in [-0.4, -0.2) is 28.4 Å². The zero-order valence-electron chi connectivity index (χ0n) is 10.1. The number of carbonyl (C=O) groups is 1. The minimum absolute atomic E-state index is 0.131. The highest BCUT2D eigenvalue weighted by atomic mass is 32.1. The quantitative estimate of drug-likeness (QED) is 0.833. The van der Waals surface area contributed by atoms with E-state index in [2.05, 4.69) is 0 Å². The van der Waals surface area contributed by atoms with Gasteiger partial charge in [0, 0.05) is 12.1 Å². The van der Waals surface area contributed by atoms with E-state index in [0.29, 0.717) is 22.7 Å². The lowest BCUT2D eigenvalue weighted by Crippen LogP contribution is -2.42. The number of hydrogen-bond acceptors (Lipinski definition) is 2. The SMILES string of the molecule is Cc1cc(C(=O)N2CCCC2C(N)=S)ccc1F. The summed E-state index contributed by atoms with van der Waals surface area (Å²) >= 11 is 4.97. The van der Waals surface area contributed by atoms with E-state index in [1.165, 1.54) is 12.1 Å². The summed E-state index contributed by atoms with van der Waals surface area (Å²) in [6, 6.07) is 4.21. The number of amides is 1. The van der Waals surface area contributed by atoms with E-state index < -0.39 is 0 Å². The Bertz CT molecular complexity index is 504. The van der Waals surface area contributed by atoms with Crippen LogP contribution in [0.3, 0.4) is 0 Å². The Morgan fingerprint density at radius 3 is 2.89 bits per heavy atom. The monoisotopic (exact) mass is 266 g/mol. The van der Waals surface area contributed by atoms with Crippen molar-refractivity contribution >= 4 is 23.1 Å². The maximum Gasteiger partial charge on any atom is 0.254 e. The van der Waals surface area contributed by atoms with Crippen LogP contribution in [0.25, 0.3) is 0 Å². The van der Waals surface area contributed by atoms with E-state index in [4.69, 9.17) is 18.0 Å². The molecule has 0 radical (unpaired) electrons. The summed E-state index contributed by atoms with van der Waals surface area (Å²) in [5.74, 6) is -0.438. The van der Waals surface area contributed by atoms with Crippen LogP contribution in [0.1, 0.15) is 28.8 Å². The van der Waals surface area contributed by atoms with Gasteiger partial charge in [-0.3, -0.25) is 4.79 Å². The number of thiocarbonyl (C=S) groups is 1. The van der Waals surface area contributed by atoms with Crippen LogP contribution in [0.15, 0.2) is 18.2 Å². The van der Waals surface area contributed by atoms with Crippen molar-refractivity contribution in [2.45, 2.75) is 25.8 Å². The molecule has 18 heavy (non-hydrogen) atoms. The second kappa shape index (κ2) is 5.02. The normalized spacial score (nSPS) is 19.0. The molecule has 3 nitrogen and oxygen atoms in total. The first-order valence-electron chi connectivity index (χ1n) is 5.87. The summed E-state index contributed by atoms with van der Waals surface area (Å²) in [7, 11) is 0. The molecule has 0 spiro atoms. The van der Waals surface area contributed by atoms with Gasteiger partial charge in [0.2, 0.25) is 0 Å².